The molecule has 17 heavy (non-hydrogen) atoms. The van der Waals surface area contributed by atoms with E-state index in [2.05, 4.69) is 9.99 Å². The molecule has 1 N–H and O–H groups in total. The Labute approximate surface area is 102 Å². The molecular formula is C12H22FNO3. The first-order valence-electron chi connectivity index (χ1n) is 5.36. The lowest BCUT2D eigenvalue weighted by Crippen LogP contribution is -2.16. The van der Waals surface area contributed by atoms with Gasteiger partial charge < -0.3 is 9.94 Å². The number of allylic oxidation sites excluding steroid dienone is 1. The van der Waals surface area contributed by atoms with Crippen LogP contribution in [0.25, 0.3) is 0 Å². The molecule has 0 amide bonds. The van der Waals surface area contributed by atoms with Crippen LogP contribution in [0, 0.1) is 5.92 Å². The van der Waals surface area contributed by atoms with E-state index >= 15 is 0 Å². The molecule has 0 bridgehead atoms. The molecule has 0 aromatic carbocycles. The minimum atomic E-state index is -0.607. The van der Waals surface area contributed by atoms with Crippen LogP contribution < -0.4 is 0 Å². The average molecular weight is 247 g/mol. The minimum Gasteiger partial charge on any atom is -0.396 e. The van der Waals surface area contributed by atoms with Crippen molar-refractivity contribution in [2.45, 2.75) is 41.0 Å². The van der Waals surface area contributed by atoms with Gasteiger partial charge in [-0.2, -0.15) is 0 Å². The van der Waals surface area contributed by atoms with E-state index in [1.54, 1.807) is 6.92 Å². The van der Waals surface area contributed by atoms with Gasteiger partial charge >= 0.3 is 5.97 Å². The molecule has 5 heteroatoms. The highest BCUT2D eigenvalue weighted by molar-refractivity contribution is 6.03. The van der Waals surface area contributed by atoms with Crippen molar-refractivity contribution in [2.75, 3.05) is 6.61 Å². The Bertz CT molecular complexity index is 287. The number of oxime groups is 1. The third-order valence-electron chi connectivity index (χ3n) is 1.96. The second-order valence-electron chi connectivity index (χ2n) is 3.06. The molecule has 0 saturated carbocycles. The second kappa shape index (κ2) is 9.96. The minimum absolute atomic E-state index is 0. The Morgan fingerprint density at radius 2 is 2.18 bits per heavy atom. The van der Waals surface area contributed by atoms with E-state index in [0.717, 1.165) is 0 Å². The summed E-state index contributed by atoms with van der Waals surface area (Å²) in [5.41, 5.74) is 0.488. The molecule has 0 fully saturated rings. The zero-order valence-corrected chi connectivity index (χ0v) is 9.86. The molecular weight excluding hydrogens is 225 g/mol. The van der Waals surface area contributed by atoms with E-state index in [9.17, 15) is 9.18 Å². The highest BCUT2D eigenvalue weighted by Gasteiger charge is 2.30. The summed E-state index contributed by atoms with van der Waals surface area (Å²) in [5, 5.41) is 11.9. The maximum absolute atomic E-state index is 13.1. The van der Waals surface area contributed by atoms with Crippen molar-refractivity contribution in [3.05, 3.63) is 11.9 Å². The molecule has 1 aliphatic rings. The van der Waals surface area contributed by atoms with Crippen molar-refractivity contribution in [3.8, 4) is 0 Å². The van der Waals surface area contributed by atoms with E-state index < -0.39 is 17.7 Å². The number of carbonyl (C=O) groups excluding carboxylic acids is 1. The van der Waals surface area contributed by atoms with Crippen molar-refractivity contribution < 1.29 is 19.1 Å². The summed E-state index contributed by atoms with van der Waals surface area (Å²) in [5.74, 6) is -1.54. The van der Waals surface area contributed by atoms with Gasteiger partial charge in [0.2, 0.25) is 0 Å². The van der Waals surface area contributed by atoms with E-state index in [-0.39, 0.29) is 26.9 Å². The summed E-state index contributed by atoms with van der Waals surface area (Å²) in [6.07, 6.45) is 1.48. The van der Waals surface area contributed by atoms with E-state index in [1.165, 1.54) is 6.08 Å². The molecule has 4 nitrogen and oxygen atoms in total. The van der Waals surface area contributed by atoms with E-state index in [1.807, 2.05) is 13.8 Å². The van der Waals surface area contributed by atoms with Crippen LogP contribution in [0.4, 0.5) is 4.39 Å². The van der Waals surface area contributed by atoms with Gasteiger partial charge in [-0.15, -0.1) is 0 Å². The summed E-state index contributed by atoms with van der Waals surface area (Å²) in [4.78, 5) is 15.4. The van der Waals surface area contributed by atoms with Gasteiger partial charge in [0.05, 0.1) is 11.5 Å². The maximum atomic E-state index is 13.1. The largest absolute Gasteiger partial charge is 0.396 e. The molecule has 1 aliphatic heterocycles. The third-order valence-corrected chi connectivity index (χ3v) is 1.96. The number of aliphatic hydroxyl groups excluding tert-OH is 1. The number of hydrogen-bond acceptors (Lipinski definition) is 4. The molecule has 1 heterocycles. The first kappa shape index (κ1) is 18.1. The highest BCUT2D eigenvalue weighted by atomic mass is 19.1. The smallest absolute Gasteiger partial charge is 0.344 e. The summed E-state index contributed by atoms with van der Waals surface area (Å²) < 4.78 is 13.1. The lowest BCUT2D eigenvalue weighted by atomic mass is 10.0. The lowest BCUT2D eigenvalue weighted by Gasteiger charge is -2.03. The quantitative estimate of drug-likeness (QED) is 0.777. The molecule has 1 unspecified atom stereocenters. The van der Waals surface area contributed by atoms with Gasteiger partial charge in [0.15, 0.2) is 0 Å². The van der Waals surface area contributed by atoms with Crippen molar-refractivity contribution in [3.63, 3.8) is 0 Å². The van der Waals surface area contributed by atoms with Gasteiger partial charge in [-0.05, 0) is 13.3 Å². The van der Waals surface area contributed by atoms with Crippen LogP contribution in [0.15, 0.2) is 17.1 Å². The Morgan fingerprint density at radius 3 is 2.59 bits per heavy atom. The number of halogens is 1. The summed E-state index contributed by atoms with van der Waals surface area (Å²) in [6.45, 7) is 5.52. The standard InChI is InChI=1S/C9H12FNO3.C2H6.CH4/c1-6-8(9(13)14-11-6)5-7(10)3-2-4-12;1-2;/h3,8,12H,2,4-5H2,1H3;1-2H3;1H4/b7-3+;;. The summed E-state index contributed by atoms with van der Waals surface area (Å²) in [7, 11) is 0. The van der Waals surface area contributed by atoms with Crippen molar-refractivity contribution >= 4 is 11.7 Å². The SMILES string of the molecule is C.CC.CC1=NOC(=O)C1C/C(F)=C\CCO. The molecule has 1 atom stereocenters. The van der Waals surface area contributed by atoms with E-state index in [4.69, 9.17) is 5.11 Å². The molecule has 0 aliphatic carbocycles. The summed E-state index contributed by atoms with van der Waals surface area (Å²) in [6, 6.07) is 0. The fourth-order valence-corrected chi connectivity index (χ4v) is 1.15. The predicted molar refractivity (Wildman–Crippen MR) is 66.3 cm³/mol. The summed E-state index contributed by atoms with van der Waals surface area (Å²) >= 11 is 0. The fraction of sp³-hybridized carbons (Fsp3) is 0.667. The maximum Gasteiger partial charge on any atom is 0.344 e. The van der Waals surface area contributed by atoms with Gasteiger partial charge in [0.1, 0.15) is 5.92 Å². The van der Waals surface area contributed by atoms with E-state index in [0.29, 0.717) is 5.71 Å². The average Bonchev–Trinajstić information content (AvgIpc) is 2.61. The molecule has 1 rings (SSSR count). The normalized spacial score (nSPS) is 18.6. The second-order valence-corrected chi connectivity index (χ2v) is 3.06. The van der Waals surface area contributed by atoms with Gasteiger partial charge in [0, 0.05) is 13.0 Å². The fourth-order valence-electron chi connectivity index (χ4n) is 1.15. The van der Waals surface area contributed by atoms with Crippen LogP contribution in [-0.2, 0) is 9.63 Å². The van der Waals surface area contributed by atoms with Crippen LogP contribution in [0.1, 0.15) is 41.0 Å². The van der Waals surface area contributed by atoms with Gasteiger partial charge in [-0.25, -0.2) is 9.18 Å². The molecule has 100 valence electrons. The van der Waals surface area contributed by atoms with Crippen LogP contribution in [-0.4, -0.2) is 23.4 Å². The number of carbonyl (C=O) groups is 1. The number of nitrogens with zero attached hydrogens (tertiary/aromatic N) is 1. The third kappa shape index (κ3) is 6.16. The van der Waals surface area contributed by atoms with Gasteiger partial charge in [-0.1, -0.05) is 32.5 Å². The zero-order chi connectivity index (χ0) is 12.6. The van der Waals surface area contributed by atoms with Crippen molar-refractivity contribution in [1.29, 1.82) is 0 Å². The molecule has 0 saturated heterocycles. The molecule has 0 radical (unpaired) electrons. The predicted octanol–water partition coefficient (Wildman–Crippen LogP) is 2.82. The van der Waals surface area contributed by atoms with Gasteiger partial charge in [0.25, 0.3) is 0 Å². The first-order chi connectivity index (χ1) is 7.65. The highest BCUT2D eigenvalue weighted by Crippen LogP contribution is 2.21. The molecule has 0 aromatic heterocycles. The van der Waals surface area contributed by atoms with Crippen LogP contribution in [0.3, 0.4) is 0 Å². The number of hydrogen-bond donors (Lipinski definition) is 1. The van der Waals surface area contributed by atoms with Crippen molar-refractivity contribution in [2.24, 2.45) is 11.1 Å². The Balaban J connectivity index is 0. The van der Waals surface area contributed by atoms with Gasteiger partial charge in [-0.3, -0.25) is 0 Å². The van der Waals surface area contributed by atoms with Crippen LogP contribution >= 0.6 is 0 Å². The monoisotopic (exact) mass is 247 g/mol. The number of rotatable bonds is 4. The molecule has 0 aromatic rings. The number of aliphatic hydroxyl groups is 1. The Morgan fingerprint density at radius 1 is 1.59 bits per heavy atom. The zero-order valence-electron chi connectivity index (χ0n) is 9.86. The first-order valence-corrected chi connectivity index (χ1v) is 5.36. The lowest BCUT2D eigenvalue weighted by molar-refractivity contribution is -0.143. The van der Waals surface area contributed by atoms with Crippen molar-refractivity contribution in [1.82, 2.24) is 0 Å². The van der Waals surface area contributed by atoms with Crippen LogP contribution in [0.2, 0.25) is 0 Å². The topological polar surface area (TPSA) is 58.9 Å². The molecule has 0 spiro atoms. The van der Waals surface area contributed by atoms with Crippen LogP contribution in [0.5, 0.6) is 0 Å². The Hall–Kier alpha value is -1.23. The Kier molecular flexibility index (Phi) is 10.6.